The third-order valence-electron chi connectivity index (χ3n) is 3.48. The van der Waals surface area contributed by atoms with Crippen molar-refractivity contribution in [3.05, 3.63) is 29.8 Å². The van der Waals surface area contributed by atoms with E-state index in [9.17, 15) is 8.42 Å². The van der Waals surface area contributed by atoms with Crippen LogP contribution in [-0.4, -0.2) is 46.3 Å². The summed E-state index contributed by atoms with van der Waals surface area (Å²) < 4.78 is 26.5. The monoisotopic (exact) mass is 324 g/mol. The molecule has 1 aromatic carbocycles. The molecule has 0 amide bonds. The van der Waals surface area contributed by atoms with Gasteiger partial charge in [0.1, 0.15) is 0 Å². The highest BCUT2D eigenvalue weighted by Gasteiger charge is 2.28. The molecule has 7 heteroatoms. The number of anilines is 1. The first-order valence-corrected chi connectivity index (χ1v) is 9.10. The van der Waals surface area contributed by atoms with E-state index in [1.54, 1.807) is 7.05 Å². The highest BCUT2D eigenvalue weighted by Crippen LogP contribution is 2.29. The minimum absolute atomic E-state index is 0.0418. The normalized spacial score (nSPS) is 15.1. The van der Waals surface area contributed by atoms with Crippen molar-refractivity contribution in [2.24, 2.45) is 4.99 Å². The summed E-state index contributed by atoms with van der Waals surface area (Å²) in [5.41, 5.74) is 1.91. The minimum Gasteiger partial charge on any atom is -0.355 e. The fourth-order valence-electron chi connectivity index (χ4n) is 2.47. The van der Waals surface area contributed by atoms with Crippen LogP contribution < -0.4 is 14.9 Å². The van der Waals surface area contributed by atoms with Crippen LogP contribution in [0.15, 0.2) is 29.3 Å². The number of hydrogen-bond donors (Lipinski definition) is 2. The summed E-state index contributed by atoms with van der Waals surface area (Å²) in [4.78, 5) is 4.07. The Morgan fingerprint density at radius 2 is 2.09 bits per heavy atom. The summed E-state index contributed by atoms with van der Waals surface area (Å²) in [6.07, 6.45) is 0.777. The smallest absolute Gasteiger partial charge is 0.236 e. The molecule has 0 radical (unpaired) electrons. The molecule has 1 heterocycles. The lowest BCUT2D eigenvalue weighted by molar-refractivity contribution is 0.590. The molecular weight excluding hydrogens is 300 g/mol. The predicted molar refractivity (Wildman–Crippen MR) is 90.9 cm³/mol. The molecule has 0 bridgehead atoms. The van der Waals surface area contributed by atoms with Crippen LogP contribution in [0.2, 0.25) is 0 Å². The number of fused-ring (bicyclic) bond motifs is 1. The van der Waals surface area contributed by atoms with Gasteiger partial charge in [0.25, 0.3) is 0 Å². The average Bonchev–Trinajstić information content (AvgIpc) is 2.90. The van der Waals surface area contributed by atoms with Gasteiger partial charge in [-0.3, -0.25) is 9.30 Å². The van der Waals surface area contributed by atoms with Crippen molar-refractivity contribution in [2.45, 2.75) is 26.3 Å². The van der Waals surface area contributed by atoms with Crippen LogP contribution in [0.5, 0.6) is 0 Å². The first kappa shape index (κ1) is 16.6. The average molecular weight is 324 g/mol. The van der Waals surface area contributed by atoms with Crippen LogP contribution in [0.4, 0.5) is 5.69 Å². The van der Waals surface area contributed by atoms with Gasteiger partial charge < -0.3 is 10.6 Å². The van der Waals surface area contributed by atoms with Crippen LogP contribution in [0, 0.1) is 0 Å². The molecule has 6 nitrogen and oxygen atoms in total. The molecule has 122 valence electrons. The molecule has 0 saturated carbocycles. The van der Waals surface area contributed by atoms with Crippen molar-refractivity contribution >= 4 is 21.7 Å². The Morgan fingerprint density at radius 1 is 1.36 bits per heavy atom. The molecule has 0 aromatic heterocycles. The summed E-state index contributed by atoms with van der Waals surface area (Å²) in [7, 11) is -1.65. The highest BCUT2D eigenvalue weighted by molar-refractivity contribution is 7.92. The van der Waals surface area contributed by atoms with Crippen LogP contribution in [0.3, 0.4) is 0 Å². The number of guanidine groups is 1. The molecular formula is C15H24N4O2S. The SMILES string of the molecule is CN=C(NCCS(=O)(=O)N1CCc2ccccc21)NC(C)C. The minimum atomic E-state index is -3.32. The van der Waals surface area contributed by atoms with Gasteiger partial charge in [-0.05, 0) is 31.9 Å². The lowest BCUT2D eigenvalue weighted by Gasteiger charge is -2.20. The number of rotatable bonds is 5. The second-order valence-electron chi connectivity index (χ2n) is 5.56. The fourth-order valence-corrected chi connectivity index (χ4v) is 3.90. The van der Waals surface area contributed by atoms with Crippen molar-refractivity contribution in [2.75, 3.05) is 30.2 Å². The maximum Gasteiger partial charge on any atom is 0.236 e. The van der Waals surface area contributed by atoms with E-state index in [2.05, 4.69) is 15.6 Å². The van der Waals surface area contributed by atoms with Crippen LogP contribution >= 0.6 is 0 Å². The van der Waals surface area contributed by atoms with E-state index in [0.717, 1.165) is 17.7 Å². The number of benzene rings is 1. The Hall–Kier alpha value is -1.76. The maximum absolute atomic E-state index is 12.5. The Bertz CT molecular complexity index is 641. The Labute approximate surface area is 132 Å². The number of hydrogen-bond acceptors (Lipinski definition) is 3. The Kier molecular flexibility index (Phi) is 5.28. The summed E-state index contributed by atoms with van der Waals surface area (Å²) in [6.45, 7) is 4.86. The fraction of sp³-hybridized carbons (Fsp3) is 0.533. The van der Waals surface area contributed by atoms with Gasteiger partial charge in [-0.2, -0.15) is 0 Å². The number of nitrogens with zero attached hydrogens (tertiary/aromatic N) is 2. The molecule has 0 atom stereocenters. The zero-order chi connectivity index (χ0) is 16.2. The van der Waals surface area contributed by atoms with E-state index in [0.29, 0.717) is 19.0 Å². The molecule has 2 N–H and O–H groups in total. The molecule has 0 fully saturated rings. The summed E-state index contributed by atoms with van der Waals surface area (Å²) >= 11 is 0. The Balaban J connectivity index is 1.96. The summed E-state index contributed by atoms with van der Waals surface area (Å²) in [6, 6.07) is 7.91. The standard InChI is InChI=1S/C15H24N4O2S/c1-12(2)18-15(16-3)17-9-11-22(20,21)19-10-8-13-6-4-5-7-14(13)19/h4-7,12H,8-11H2,1-3H3,(H2,16,17,18). The number of para-hydroxylation sites is 1. The molecule has 0 unspecified atom stereocenters. The second kappa shape index (κ2) is 7.00. The number of aliphatic imine (C=N–C) groups is 1. The van der Waals surface area contributed by atoms with Crippen LogP contribution in [0.1, 0.15) is 19.4 Å². The second-order valence-corrected chi connectivity index (χ2v) is 7.58. The van der Waals surface area contributed by atoms with E-state index in [1.807, 2.05) is 38.1 Å². The van der Waals surface area contributed by atoms with Gasteiger partial charge in [0, 0.05) is 26.2 Å². The van der Waals surface area contributed by atoms with Gasteiger partial charge in [0.2, 0.25) is 10.0 Å². The zero-order valence-corrected chi connectivity index (χ0v) is 14.2. The molecule has 1 aliphatic heterocycles. The van der Waals surface area contributed by atoms with Gasteiger partial charge in [-0.1, -0.05) is 18.2 Å². The first-order valence-electron chi connectivity index (χ1n) is 7.49. The largest absolute Gasteiger partial charge is 0.355 e. The third-order valence-corrected chi connectivity index (χ3v) is 5.25. The van der Waals surface area contributed by atoms with Crippen molar-refractivity contribution in [1.29, 1.82) is 0 Å². The van der Waals surface area contributed by atoms with Gasteiger partial charge in [-0.25, -0.2) is 8.42 Å². The molecule has 1 aliphatic rings. The van der Waals surface area contributed by atoms with Crippen molar-refractivity contribution in [3.8, 4) is 0 Å². The van der Waals surface area contributed by atoms with Crippen molar-refractivity contribution in [3.63, 3.8) is 0 Å². The number of nitrogens with one attached hydrogen (secondary N) is 2. The van der Waals surface area contributed by atoms with Crippen LogP contribution in [-0.2, 0) is 16.4 Å². The van der Waals surface area contributed by atoms with Crippen molar-refractivity contribution in [1.82, 2.24) is 10.6 Å². The molecule has 0 spiro atoms. The van der Waals surface area contributed by atoms with E-state index < -0.39 is 10.0 Å². The van der Waals surface area contributed by atoms with E-state index >= 15 is 0 Å². The van der Waals surface area contributed by atoms with Gasteiger partial charge in [0.15, 0.2) is 5.96 Å². The lowest BCUT2D eigenvalue weighted by Crippen LogP contribution is -2.44. The predicted octanol–water partition coefficient (Wildman–Crippen LogP) is 0.952. The van der Waals surface area contributed by atoms with Gasteiger partial charge in [-0.15, -0.1) is 0 Å². The van der Waals surface area contributed by atoms with Crippen LogP contribution in [0.25, 0.3) is 0 Å². The molecule has 2 rings (SSSR count). The van der Waals surface area contributed by atoms with Crippen molar-refractivity contribution < 1.29 is 8.42 Å². The maximum atomic E-state index is 12.5. The summed E-state index contributed by atoms with van der Waals surface area (Å²) in [5.74, 6) is 0.659. The topological polar surface area (TPSA) is 73.8 Å². The highest BCUT2D eigenvalue weighted by atomic mass is 32.2. The van der Waals surface area contributed by atoms with E-state index in [1.165, 1.54) is 4.31 Å². The molecule has 0 aliphatic carbocycles. The zero-order valence-electron chi connectivity index (χ0n) is 13.3. The van der Waals surface area contributed by atoms with E-state index in [4.69, 9.17) is 0 Å². The Morgan fingerprint density at radius 3 is 2.77 bits per heavy atom. The molecule has 1 aromatic rings. The van der Waals surface area contributed by atoms with Gasteiger partial charge in [0.05, 0.1) is 11.4 Å². The van der Waals surface area contributed by atoms with Gasteiger partial charge >= 0.3 is 0 Å². The molecule has 0 saturated heterocycles. The lowest BCUT2D eigenvalue weighted by atomic mass is 10.2. The summed E-state index contributed by atoms with van der Waals surface area (Å²) in [5, 5.41) is 6.17. The quantitative estimate of drug-likeness (QED) is 0.625. The third kappa shape index (κ3) is 3.91. The number of sulfonamides is 1. The molecule has 22 heavy (non-hydrogen) atoms. The first-order chi connectivity index (χ1) is 10.4. The van der Waals surface area contributed by atoms with E-state index in [-0.39, 0.29) is 11.8 Å².